The highest BCUT2D eigenvalue weighted by Gasteiger charge is 2.14. The number of fused-ring (bicyclic) bond motifs is 1. The number of hydrazone groups is 1. The molecule has 0 aliphatic carbocycles. The lowest BCUT2D eigenvalue weighted by Crippen LogP contribution is -2.35. The average Bonchev–Trinajstić information content (AvgIpc) is 2.99. The van der Waals surface area contributed by atoms with Crippen LogP contribution in [0.25, 0.3) is 10.8 Å². The van der Waals surface area contributed by atoms with E-state index in [0.29, 0.717) is 34.8 Å². The second-order valence-corrected chi connectivity index (χ2v) is 8.68. The summed E-state index contributed by atoms with van der Waals surface area (Å²) >= 11 is 0. The number of esters is 1. The molecule has 0 saturated carbocycles. The van der Waals surface area contributed by atoms with Gasteiger partial charge in [-0.3, -0.25) is 9.59 Å². The summed E-state index contributed by atoms with van der Waals surface area (Å²) in [5.41, 5.74) is 3.82. The normalized spacial score (nSPS) is 10.8. The standard InChI is InChI=1S/C31H29N3O6/c1-3-17-39-24-14-12-23(13-15-24)31(37)40-27-16-11-21(18-28(27)38-2)19-33-34-29(35)20-32-30(36)26-10-6-8-22-7-4-5-9-25(22)26/h4-16,18-19H,3,17,20H2,1-2H3,(H,32,36)(H,34,35)/b33-19-. The number of ether oxygens (including phenoxy) is 3. The first-order valence-electron chi connectivity index (χ1n) is 12.7. The van der Waals surface area contributed by atoms with Crippen LogP contribution in [-0.4, -0.2) is 44.3 Å². The van der Waals surface area contributed by atoms with Gasteiger partial charge in [0.1, 0.15) is 5.75 Å². The maximum Gasteiger partial charge on any atom is 0.343 e. The van der Waals surface area contributed by atoms with Crippen molar-refractivity contribution in [2.75, 3.05) is 20.3 Å². The van der Waals surface area contributed by atoms with E-state index >= 15 is 0 Å². The minimum absolute atomic E-state index is 0.233. The Bertz CT molecular complexity index is 1530. The van der Waals surface area contributed by atoms with E-state index < -0.39 is 11.9 Å². The molecule has 9 nitrogen and oxygen atoms in total. The topological polar surface area (TPSA) is 115 Å². The fourth-order valence-electron chi connectivity index (χ4n) is 3.81. The summed E-state index contributed by atoms with van der Waals surface area (Å²) in [6.07, 6.45) is 2.30. The van der Waals surface area contributed by atoms with Crippen LogP contribution in [0.5, 0.6) is 17.2 Å². The third kappa shape index (κ3) is 7.22. The Morgan fingerprint density at radius 3 is 2.45 bits per heavy atom. The van der Waals surface area contributed by atoms with E-state index in [1.54, 1.807) is 54.6 Å². The molecule has 0 spiro atoms. The Kier molecular flexibility index (Phi) is 9.44. The largest absolute Gasteiger partial charge is 0.494 e. The maximum absolute atomic E-state index is 12.6. The molecule has 0 aliphatic heterocycles. The van der Waals surface area contributed by atoms with Crippen molar-refractivity contribution in [3.8, 4) is 17.2 Å². The van der Waals surface area contributed by atoms with Gasteiger partial charge in [-0.05, 0) is 71.3 Å². The average molecular weight is 540 g/mol. The first kappa shape index (κ1) is 27.8. The first-order chi connectivity index (χ1) is 19.5. The molecule has 9 heteroatoms. The van der Waals surface area contributed by atoms with Crippen LogP contribution in [0.4, 0.5) is 0 Å². The zero-order valence-corrected chi connectivity index (χ0v) is 22.2. The number of rotatable bonds is 11. The molecule has 0 atom stereocenters. The van der Waals surface area contributed by atoms with E-state index in [4.69, 9.17) is 14.2 Å². The zero-order valence-electron chi connectivity index (χ0n) is 22.2. The van der Waals surface area contributed by atoms with Crippen molar-refractivity contribution in [3.63, 3.8) is 0 Å². The third-order valence-corrected chi connectivity index (χ3v) is 5.80. The number of hydrogen-bond donors (Lipinski definition) is 2. The number of benzene rings is 4. The van der Waals surface area contributed by atoms with Crippen LogP contribution in [0.2, 0.25) is 0 Å². The Morgan fingerprint density at radius 2 is 1.68 bits per heavy atom. The van der Waals surface area contributed by atoms with Crippen LogP contribution in [0.15, 0.2) is 90.0 Å². The van der Waals surface area contributed by atoms with Gasteiger partial charge in [-0.2, -0.15) is 5.10 Å². The van der Waals surface area contributed by atoms with Gasteiger partial charge in [0.05, 0.1) is 32.0 Å². The van der Waals surface area contributed by atoms with Crippen molar-refractivity contribution in [3.05, 3.63) is 102 Å². The molecule has 40 heavy (non-hydrogen) atoms. The maximum atomic E-state index is 12.6. The highest BCUT2D eigenvalue weighted by Crippen LogP contribution is 2.28. The van der Waals surface area contributed by atoms with Crippen molar-refractivity contribution >= 4 is 34.8 Å². The quantitative estimate of drug-likeness (QED) is 0.123. The van der Waals surface area contributed by atoms with Crippen LogP contribution in [0.3, 0.4) is 0 Å². The Labute approximate surface area is 231 Å². The second kappa shape index (κ2) is 13.6. The molecule has 0 bridgehead atoms. The molecule has 0 unspecified atom stereocenters. The first-order valence-corrected chi connectivity index (χ1v) is 12.7. The molecule has 0 radical (unpaired) electrons. The summed E-state index contributed by atoms with van der Waals surface area (Å²) in [4.78, 5) is 37.4. The molecule has 0 aromatic heterocycles. The molecule has 204 valence electrons. The molecule has 4 rings (SSSR count). The van der Waals surface area contributed by atoms with E-state index in [0.717, 1.165) is 17.2 Å². The zero-order chi connectivity index (χ0) is 28.3. The Morgan fingerprint density at radius 1 is 0.900 bits per heavy atom. The molecule has 0 fully saturated rings. The fraction of sp³-hybridized carbons (Fsp3) is 0.161. The van der Waals surface area contributed by atoms with Gasteiger partial charge in [-0.15, -0.1) is 0 Å². The van der Waals surface area contributed by atoms with Crippen molar-refractivity contribution in [1.82, 2.24) is 10.7 Å². The van der Waals surface area contributed by atoms with Crippen LogP contribution in [0.1, 0.15) is 39.6 Å². The van der Waals surface area contributed by atoms with Crippen molar-refractivity contribution in [2.45, 2.75) is 13.3 Å². The molecule has 4 aromatic carbocycles. The van der Waals surface area contributed by atoms with E-state index in [1.165, 1.54) is 13.3 Å². The van der Waals surface area contributed by atoms with E-state index in [2.05, 4.69) is 15.8 Å². The van der Waals surface area contributed by atoms with E-state index in [-0.39, 0.29) is 18.2 Å². The van der Waals surface area contributed by atoms with Gasteiger partial charge in [0.15, 0.2) is 11.5 Å². The van der Waals surface area contributed by atoms with Gasteiger partial charge in [0.25, 0.3) is 11.8 Å². The molecule has 2 amide bonds. The van der Waals surface area contributed by atoms with Crippen molar-refractivity contribution in [1.29, 1.82) is 0 Å². The number of nitrogens with zero attached hydrogens (tertiary/aromatic N) is 1. The van der Waals surface area contributed by atoms with Crippen LogP contribution >= 0.6 is 0 Å². The third-order valence-electron chi connectivity index (χ3n) is 5.80. The van der Waals surface area contributed by atoms with Gasteiger partial charge < -0.3 is 19.5 Å². The predicted molar refractivity (Wildman–Crippen MR) is 152 cm³/mol. The summed E-state index contributed by atoms with van der Waals surface area (Å²) in [6, 6.07) is 24.5. The van der Waals surface area contributed by atoms with Gasteiger partial charge in [0.2, 0.25) is 0 Å². The second-order valence-electron chi connectivity index (χ2n) is 8.68. The summed E-state index contributed by atoms with van der Waals surface area (Å²) in [7, 11) is 1.45. The van der Waals surface area contributed by atoms with Gasteiger partial charge in [-0.25, -0.2) is 10.2 Å². The summed E-state index contributed by atoms with van der Waals surface area (Å²) < 4.78 is 16.4. The number of amides is 2. The molecular formula is C31H29N3O6. The highest BCUT2D eigenvalue weighted by atomic mass is 16.6. The van der Waals surface area contributed by atoms with Crippen molar-refractivity contribution in [2.24, 2.45) is 5.10 Å². The lowest BCUT2D eigenvalue weighted by atomic mass is 10.0. The molecule has 0 saturated heterocycles. The molecule has 4 aromatic rings. The van der Waals surface area contributed by atoms with Crippen molar-refractivity contribution < 1.29 is 28.6 Å². The monoisotopic (exact) mass is 539 g/mol. The SMILES string of the molecule is CCCOc1ccc(C(=O)Oc2ccc(/C=N\NC(=O)CNC(=O)c3cccc4ccccc34)cc2OC)cc1. The minimum Gasteiger partial charge on any atom is -0.494 e. The number of carbonyl (C=O) groups excluding carboxylic acids is 3. The summed E-state index contributed by atoms with van der Waals surface area (Å²) in [5, 5.41) is 8.28. The van der Waals surface area contributed by atoms with Crippen LogP contribution in [0, 0.1) is 0 Å². The minimum atomic E-state index is -0.542. The lowest BCUT2D eigenvalue weighted by molar-refractivity contribution is -0.120. The van der Waals surface area contributed by atoms with E-state index in [9.17, 15) is 14.4 Å². The van der Waals surface area contributed by atoms with Gasteiger partial charge >= 0.3 is 5.97 Å². The van der Waals surface area contributed by atoms with Crippen LogP contribution in [-0.2, 0) is 4.79 Å². The predicted octanol–water partition coefficient (Wildman–Crippen LogP) is 4.74. The molecule has 0 heterocycles. The molecule has 2 N–H and O–H groups in total. The lowest BCUT2D eigenvalue weighted by Gasteiger charge is -2.10. The van der Waals surface area contributed by atoms with Gasteiger partial charge in [0, 0.05) is 5.56 Å². The number of methoxy groups -OCH3 is 1. The Hall–Kier alpha value is -5.18. The highest BCUT2D eigenvalue weighted by molar-refractivity contribution is 6.07. The summed E-state index contributed by atoms with van der Waals surface area (Å²) in [6.45, 7) is 2.37. The number of hydrogen-bond acceptors (Lipinski definition) is 7. The Balaban J connectivity index is 1.30. The number of carbonyl (C=O) groups is 3. The van der Waals surface area contributed by atoms with Gasteiger partial charge in [-0.1, -0.05) is 43.3 Å². The van der Waals surface area contributed by atoms with E-state index in [1.807, 2.05) is 37.3 Å². The van der Waals surface area contributed by atoms with Crippen LogP contribution < -0.4 is 25.0 Å². The molecule has 0 aliphatic rings. The number of nitrogens with one attached hydrogen (secondary N) is 2. The summed E-state index contributed by atoms with van der Waals surface area (Å²) in [5.74, 6) is -0.163. The smallest absolute Gasteiger partial charge is 0.343 e. The molecular weight excluding hydrogens is 510 g/mol. The fourth-order valence-corrected chi connectivity index (χ4v) is 3.81.